The summed E-state index contributed by atoms with van der Waals surface area (Å²) in [5, 5.41) is 0. The summed E-state index contributed by atoms with van der Waals surface area (Å²) in [6, 6.07) is 7.52. The van der Waals surface area contributed by atoms with Crippen LogP contribution in [0.1, 0.15) is 25.5 Å². The van der Waals surface area contributed by atoms with Crippen LogP contribution in [0.4, 0.5) is 0 Å². The number of benzene rings is 1. The second-order valence-corrected chi connectivity index (χ2v) is 7.09. The molecular weight excluding hydrogens is 307 g/mol. The topological polar surface area (TPSA) is 55.8 Å². The van der Waals surface area contributed by atoms with E-state index in [-0.39, 0.29) is 12.0 Å². The molecule has 0 amide bonds. The lowest BCUT2D eigenvalue weighted by molar-refractivity contribution is -0.0472. The van der Waals surface area contributed by atoms with Gasteiger partial charge in [0, 0.05) is 9.89 Å². The van der Waals surface area contributed by atoms with Crippen LogP contribution in [-0.4, -0.2) is 11.5 Å². The predicted octanol–water partition coefficient (Wildman–Crippen LogP) is 3.66. The third kappa shape index (κ3) is 2.98. The van der Waals surface area contributed by atoms with Crippen molar-refractivity contribution in [3.63, 3.8) is 0 Å². The van der Waals surface area contributed by atoms with Gasteiger partial charge >= 0.3 is 7.82 Å². The first kappa shape index (κ1) is 13.2. The van der Waals surface area contributed by atoms with Crippen LogP contribution in [0.3, 0.4) is 0 Å². The summed E-state index contributed by atoms with van der Waals surface area (Å²) >= 11 is 3.35. The first-order chi connectivity index (χ1) is 7.80. The molecule has 6 heteroatoms. The van der Waals surface area contributed by atoms with E-state index in [4.69, 9.17) is 9.05 Å². The largest absolute Gasteiger partial charge is 0.472 e. The van der Waals surface area contributed by atoms with Crippen molar-refractivity contribution < 1.29 is 18.5 Å². The van der Waals surface area contributed by atoms with E-state index < -0.39 is 13.9 Å². The Kier molecular flexibility index (Phi) is 3.49. The summed E-state index contributed by atoms with van der Waals surface area (Å²) in [6.07, 6.45) is -0.444. The molecule has 2 unspecified atom stereocenters. The van der Waals surface area contributed by atoms with Crippen LogP contribution in [0, 0.1) is 5.41 Å². The lowest BCUT2D eigenvalue weighted by Gasteiger charge is -2.39. The summed E-state index contributed by atoms with van der Waals surface area (Å²) in [7, 11) is -3.91. The fourth-order valence-corrected chi connectivity index (χ4v) is 3.27. The number of phosphoric acid groups is 1. The molecule has 2 rings (SSSR count). The Morgan fingerprint density at radius 3 is 2.59 bits per heavy atom. The lowest BCUT2D eigenvalue weighted by Crippen LogP contribution is -2.33. The monoisotopic (exact) mass is 320 g/mol. The Labute approximate surface area is 109 Å². The molecule has 0 aliphatic carbocycles. The van der Waals surface area contributed by atoms with Crippen molar-refractivity contribution in [1.82, 2.24) is 0 Å². The van der Waals surface area contributed by atoms with Crippen LogP contribution in [0.15, 0.2) is 28.7 Å². The van der Waals surface area contributed by atoms with Gasteiger partial charge in [0.1, 0.15) is 6.10 Å². The molecule has 1 fully saturated rings. The van der Waals surface area contributed by atoms with E-state index in [0.29, 0.717) is 0 Å². The Balaban J connectivity index is 2.33. The highest BCUT2D eigenvalue weighted by atomic mass is 79.9. The van der Waals surface area contributed by atoms with Gasteiger partial charge in [0.05, 0.1) is 6.61 Å². The van der Waals surface area contributed by atoms with E-state index in [2.05, 4.69) is 15.9 Å². The highest BCUT2D eigenvalue weighted by molar-refractivity contribution is 9.10. The lowest BCUT2D eigenvalue weighted by atomic mass is 9.83. The van der Waals surface area contributed by atoms with Crippen LogP contribution in [0.2, 0.25) is 0 Å². The molecule has 4 nitrogen and oxygen atoms in total. The maximum absolute atomic E-state index is 11.5. The third-order valence-electron chi connectivity index (χ3n) is 2.72. The average molecular weight is 321 g/mol. The molecule has 1 aliphatic heterocycles. The predicted molar refractivity (Wildman–Crippen MR) is 67.5 cm³/mol. The molecule has 0 saturated carbocycles. The number of hydrogen-bond donors (Lipinski definition) is 1. The molecule has 1 aromatic rings. The molecule has 1 heterocycles. The molecule has 1 aliphatic rings. The van der Waals surface area contributed by atoms with Crippen molar-refractivity contribution in [3.8, 4) is 0 Å². The van der Waals surface area contributed by atoms with E-state index in [1.807, 2.05) is 38.1 Å². The van der Waals surface area contributed by atoms with Crippen LogP contribution >= 0.6 is 23.8 Å². The van der Waals surface area contributed by atoms with Gasteiger partial charge < -0.3 is 4.89 Å². The maximum Gasteiger partial charge on any atom is 0.472 e. The van der Waals surface area contributed by atoms with Crippen LogP contribution in [-0.2, 0) is 13.6 Å². The summed E-state index contributed by atoms with van der Waals surface area (Å²) in [4.78, 5) is 9.39. The fraction of sp³-hybridized carbons (Fsp3) is 0.455. The minimum absolute atomic E-state index is 0.196. The van der Waals surface area contributed by atoms with Crippen molar-refractivity contribution in [3.05, 3.63) is 34.3 Å². The van der Waals surface area contributed by atoms with Crippen molar-refractivity contribution >= 4 is 23.8 Å². The van der Waals surface area contributed by atoms with Gasteiger partial charge in [0.2, 0.25) is 0 Å². The minimum atomic E-state index is -3.91. The number of hydrogen-bond acceptors (Lipinski definition) is 3. The highest BCUT2D eigenvalue weighted by Crippen LogP contribution is 2.58. The maximum atomic E-state index is 11.5. The van der Waals surface area contributed by atoms with Gasteiger partial charge in [0.15, 0.2) is 0 Å². The second-order valence-electron chi connectivity index (χ2n) is 4.77. The van der Waals surface area contributed by atoms with Gasteiger partial charge in [-0.1, -0.05) is 41.9 Å². The standard InChI is InChI=1S/C11H14BrO4P/c1-11(2)7-15-17(13,14)16-10(11)8-3-5-9(12)6-4-8/h3-6,10H,7H2,1-2H3,(H,13,14). The van der Waals surface area contributed by atoms with Crippen molar-refractivity contribution in [2.75, 3.05) is 6.61 Å². The average Bonchev–Trinajstić information content (AvgIpc) is 2.24. The summed E-state index contributed by atoms with van der Waals surface area (Å²) < 4.78 is 22.5. The highest BCUT2D eigenvalue weighted by Gasteiger charge is 2.44. The van der Waals surface area contributed by atoms with Gasteiger partial charge in [-0.25, -0.2) is 4.57 Å². The van der Waals surface area contributed by atoms with Gasteiger partial charge in [-0.05, 0) is 17.7 Å². The smallest absolute Gasteiger partial charge is 0.302 e. The number of halogens is 1. The van der Waals surface area contributed by atoms with Crippen molar-refractivity contribution in [2.45, 2.75) is 20.0 Å². The summed E-state index contributed by atoms with van der Waals surface area (Å²) in [5.41, 5.74) is 0.528. The van der Waals surface area contributed by atoms with Crippen LogP contribution in [0.25, 0.3) is 0 Å². The fourth-order valence-electron chi connectivity index (χ4n) is 1.78. The number of rotatable bonds is 1. The van der Waals surface area contributed by atoms with Crippen LogP contribution < -0.4 is 0 Å². The Morgan fingerprint density at radius 2 is 2.00 bits per heavy atom. The zero-order chi connectivity index (χ0) is 12.7. The quantitative estimate of drug-likeness (QED) is 0.802. The van der Waals surface area contributed by atoms with Crippen molar-refractivity contribution in [1.29, 1.82) is 0 Å². The van der Waals surface area contributed by atoms with Crippen LogP contribution in [0.5, 0.6) is 0 Å². The molecule has 0 aromatic heterocycles. The molecule has 94 valence electrons. The Hall–Kier alpha value is -0.190. The molecular formula is C11H14BrO4P. The minimum Gasteiger partial charge on any atom is -0.302 e. The molecule has 0 spiro atoms. The Morgan fingerprint density at radius 1 is 1.41 bits per heavy atom. The third-order valence-corrected chi connectivity index (χ3v) is 4.18. The first-order valence-electron chi connectivity index (χ1n) is 5.21. The van der Waals surface area contributed by atoms with Gasteiger partial charge in [-0.15, -0.1) is 0 Å². The van der Waals surface area contributed by atoms with Gasteiger partial charge in [-0.2, -0.15) is 0 Å². The molecule has 17 heavy (non-hydrogen) atoms. The molecule has 1 N–H and O–H groups in total. The molecule has 1 saturated heterocycles. The molecule has 0 radical (unpaired) electrons. The summed E-state index contributed by atoms with van der Waals surface area (Å²) in [6.45, 7) is 4.08. The second kappa shape index (κ2) is 4.48. The van der Waals surface area contributed by atoms with E-state index in [0.717, 1.165) is 10.0 Å². The first-order valence-corrected chi connectivity index (χ1v) is 7.50. The molecule has 2 atom stereocenters. The van der Waals surface area contributed by atoms with Gasteiger partial charge in [0.25, 0.3) is 0 Å². The normalized spacial score (nSPS) is 32.4. The van der Waals surface area contributed by atoms with E-state index in [1.165, 1.54) is 0 Å². The zero-order valence-corrected chi connectivity index (χ0v) is 12.1. The van der Waals surface area contributed by atoms with Gasteiger partial charge in [-0.3, -0.25) is 9.05 Å². The molecule has 0 bridgehead atoms. The van der Waals surface area contributed by atoms with E-state index in [1.54, 1.807) is 0 Å². The zero-order valence-electron chi connectivity index (χ0n) is 9.59. The number of phosphoric ester groups is 1. The molecule has 1 aromatic carbocycles. The van der Waals surface area contributed by atoms with Crippen molar-refractivity contribution in [2.24, 2.45) is 5.41 Å². The SMILES string of the molecule is CC1(C)COP(=O)(O)OC1c1ccc(Br)cc1. The van der Waals surface area contributed by atoms with E-state index >= 15 is 0 Å². The summed E-state index contributed by atoms with van der Waals surface area (Å²) in [5.74, 6) is 0. The Bertz CT molecular complexity index is 457. The van der Waals surface area contributed by atoms with E-state index in [9.17, 15) is 9.46 Å².